The van der Waals surface area contributed by atoms with E-state index in [4.69, 9.17) is 10.5 Å². The van der Waals surface area contributed by atoms with E-state index in [1.807, 2.05) is 12.1 Å². The highest BCUT2D eigenvalue weighted by atomic mass is 16.5. The lowest BCUT2D eigenvalue weighted by molar-refractivity contribution is 0.307. The molecule has 2 rings (SSSR count). The maximum absolute atomic E-state index is 5.81. The molecule has 94 valence electrons. The van der Waals surface area contributed by atoms with Gasteiger partial charge in [-0.05, 0) is 30.4 Å². The Morgan fingerprint density at radius 2 is 2.24 bits per heavy atom. The van der Waals surface area contributed by atoms with Gasteiger partial charge in [0, 0.05) is 6.04 Å². The number of nitrogens with two attached hydrogens (primary N) is 1. The summed E-state index contributed by atoms with van der Waals surface area (Å²) in [5, 5.41) is 3.40. The third-order valence-corrected chi connectivity index (χ3v) is 3.17. The number of hydrogen-bond acceptors (Lipinski definition) is 4. The standard InChI is InChI=1S/C13H21N3O/c1-4-7-17-12-9(14)5-6-11(16-12)15-10-8-13(10,2)3/h5-6,10H,4,7-8,14H2,1-3H3,(H,15,16). The highest BCUT2D eigenvalue weighted by Crippen LogP contribution is 2.46. The molecule has 1 aromatic heterocycles. The number of nitrogens with zero attached hydrogens (tertiary/aromatic N) is 1. The lowest BCUT2D eigenvalue weighted by Crippen LogP contribution is -2.11. The number of rotatable bonds is 5. The molecular formula is C13H21N3O. The van der Waals surface area contributed by atoms with E-state index < -0.39 is 0 Å². The maximum atomic E-state index is 5.81. The zero-order valence-electron chi connectivity index (χ0n) is 10.8. The lowest BCUT2D eigenvalue weighted by atomic mass is 10.2. The Bertz CT molecular complexity index is 404. The Kier molecular flexibility index (Phi) is 3.13. The second kappa shape index (κ2) is 4.43. The van der Waals surface area contributed by atoms with Gasteiger partial charge in [0.2, 0.25) is 5.88 Å². The predicted molar refractivity (Wildman–Crippen MR) is 70.2 cm³/mol. The minimum Gasteiger partial charge on any atom is -0.476 e. The second-order valence-corrected chi connectivity index (χ2v) is 5.33. The van der Waals surface area contributed by atoms with Crippen molar-refractivity contribution in [2.45, 2.75) is 39.7 Å². The number of anilines is 2. The molecular weight excluding hydrogens is 214 g/mol. The van der Waals surface area contributed by atoms with Crippen molar-refractivity contribution in [3.63, 3.8) is 0 Å². The molecule has 0 aromatic carbocycles. The summed E-state index contributed by atoms with van der Waals surface area (Å²) in [6.45, 7) is 7.20. The second-order valence-electron chi connectivity index (χ2n) is 5.33. The summed E-state index contributed by atoms with van der Waals surface area (Å²) in [6, 6.07) is 4.26. The first kappa shape index (κ1) is 12.0. The van der Waals surface area contributed by atoms with E-state index in [-0.39, 0.29) is 0 Å². The van der Waals surface area contributed by atoms with Crippen molar-refractivity contribution in [2.24, 2.45) is 5.41 Å². The summed E-state index contributed by atoms with van der Waals surface area (Å²) in [4.78, 5) is 4.40. The molecule has 0 saturated heterocycles. The molecule has 1 heterocycles. The Hall–Kier alpha value is -1.45. The lowest BCUT2D eigenvalue weighted by Gasteiger charge is -2.11. The molecule has 1 unspecified atom stereocenters. The van der Waals surface area contributed by atoms with Gasteiger partial charge in [0.25, 0.3) is 0 Å². The number of aromatic nitrogens is 1. The molecule has 0 spiro atoms. The van der Waals surface area contributed by atoms with Gasteiger partial charge in [-0.1, -0.05) is 20.8 Å². The molecule has 3 N–H and O–H groups in total. The summed E-state index contributed by atoms with van der Waals surface area (Å²) in [6.07, 6.45) is 2.14. The van der Waals surface area contributed by atoms with Crippen LogP contribution in [-0.2, 0) is 0 Å². The van der Waals surface area contributed by atoms with Crippen LogP contribution < -0.4 is 15.8 Å². The molecule has 1 aromatic rings. The van der Waals surface area contributed by atoms with Crippen LogP contribution in [0.3, 0.4) is 0 Å². The van der Waals surface area contributed by atoms with Gasteiger partial charge in [0.05, 0.1) is 12.3 Å². The van der Waals surface area contributed by atoms with E-state index in [1.54, 1.807) is 0 Å². The highest BCUT2D eigenvalue weighted by Gasteiger charge is 2.45. The van der Waals surface area contributed by atoms with Crippen LogP contribution in [0, 0.1) is 5.41 Å². The van der Waals surface area contributed by atoms with Gasteiger partial charge in [-0.2, -0.15) is 4.98 Å². The molecule has 0 radical (unpaired) electrons. The Labute approximate surface area is 103 Å². The van der Waals surface area contributed by atoms with Crippen molar-refractivity contribution in [2.75, 3.05) is 17.7 Å². The van der Waals surface area contributed by atoms with E-state index in [2.05, 4.69) is 31.1 Å². The minimum absolute atomic E-state index is 0.382. The van der Waals surface area contributed by atoms with E-state index in [0.29, 0.717) is 29.6 Å². The monoisotopic (exact) mass is 235 g/mol. The number of nitrogens with one attached hydrogen (secondary N) is 1. The van der Waals surface area contributed by atoms with Crippen LogP contribution in [0.1, 0.15) is 33.6 Å². The van der Waals surface area contributed by atoms with Gasteiger partial charge in [-0.15, -0.1) is 0 Å². The van der Waals surface area contributed by atoms with Crippen molar-refractivity contribution in [3.8, 4) is 5.88 Å². The van der Waals surface area contributed by atoms with E-state index in [9.17, 15) is 0 Å². The van der Waals surface area contributed by atoms with Crippen LogP contribution in [0.4, 0.5) is 11.5 Å². The Morgan fingerprint density at radius 1 is 1.53 bits per heavy atom. The summed E-state index contributed by atoms with van der Waals surface area (Å²) in [5.41, 5.74) is 6.79. The molecule has 4 nitrogen and oxygen atoms in total. The first-order chi connectivity index (χ1) is 8.03. The van der Waals surface area contributed by atoms with Gasteiger partial charge in [-0.25, -0.2) is 0 Å². The topological polar surface area (TPSA) is 60.2 Å². The Balaban J connectivity index is 2.03. The van der Waals surface area contributed by atoms with Crippen molar-refractivity contribution in [3.05, 3.63) is 12.1 Å². The third-order valence-electron chi connectivity index (χ3n) is 3.17. The van der Waals surface area contributed by atoms with Crippen LogP contribution in [0.15, 0.2) is 12.1 Å². The molecule has 1 saturated carbocycles. The zero-order valence-corrected chi connectivity index (χ0v) is 10.8. The fourth-order valence-electron chi connectivity index (χ4n) is 1.74. The van der Waals surface area contributed by atoms with E-state index in [1.165, 1.54) is 6.42 Å². The zero-order chi connectivity index (χ0) is 12.5. The molecule has 0 bridgehead atoms. The molecule has 0 amide bonds. The number of ether oxygens (including phenoxy) is 1. The molecule has 1 aliphatic rings. The van der Waals surface area contributed by atoms with Crippen molar-refractivity contribution in [1.82, 2.24) is 4.98 Å². The summed E-state index contributed by atoms with van der Waals surface area (Å²) in [5.74, 6) is 1.39. The average molecular weight is 235 g/mol. The van der Waals surface area contributed by atoms with Crippen molar-refractivity contribution >= 4 is 11.5 Å². The van der Waals surface area contributed by atoms with Crippen molar-refractivity contribution < 1.29 is 4.74 Å². The predicted octanol–water partition coefficient (Wildman–Crippen LogP) is 2.66. The number of nitrogen functional groups attached to an aromatic ring is 1. The van der Waals surface area contributed by atoms with Crippen molar-refractivity contribution in [1.29, 1.82) is 0 Å². The largest absolute Gasteiger partial charge is 0.476 e. The van der Waals surface area contributed by atoms with Crippen LogP contribution in [0.25, 0.3) is 0 Å². The SMILES string of the molecule is CCCOc1nc(NC2CC2(C)C)ccc1N. The highest BCUT2D eigenvalue weighted by molar-refractivity contribution is 5.54. The quantitative estimate of drug-likeness (QED) is 0.823. The first-order valence-electron chi connectivity index (χ1n) is 6.19. The molecule has 1 fully saturated rings. The fourth-order valence-corrected chi connectivity index (χ4v) is 1.74. The van der Waals surface area contributed by atoms with Crippen LogP contribution >= 0.6 is 0 Å². The number of hydrogen-bond donors (Lipinski definition) is 2. The maximum Gasteiger partial charge on any atom is 0.239 e. The summed E-state index contributed by atoms with van der Waals surface area (Å²) in [7, 11) is 0. The van der Waals surface area contributed by atoms with Gasteiger partial charge in [0.15, 0.2) is 0 Å². The van der Waals surface area contributed by atoms with Gasteiger partial charge in [-0.3, -0.25) is 0 Å². The van der Waals surface area contributed by atoms with Gasteiger partial charge in [0.1, 0.15) is 5.82 Å². The average Bonchev–Trinajstić information content (AvgIpc) is 2.87. The van der Waals surface area contributed by atoms with E-state index >= 15 is 0 Å². The summed E-state index contributed by atoms with van der Waals surface area (Å²) >= 11 is 0. The smallest absolute Gasteiger partial charge is 0.239 e. The molecule has 4 heteroatoms. The first-order valence-corrected chi connectivity index (χ1v) is 6.19. The summed E-state index contributed by atoms with van der Waals surface area (Å²) < 4.78 is 5.50. The van der Waals surface area contributed by atoms with Gasteiger partial charge >= 0.3 is 0 Å². The normalized spacial score (nSPS) is 21.0. The third kappa shape index (κ3) is 2.81. The molecule has 17 heavy (non-hydrogen) atoms. The molecule has 1 aliphatic carbocycles. The van der Waals surface area contributed by atoms with Crippen LogP contribution in [0.2, 0.25) is 0 Å². The van der Waals surface area contributed by atoms with Crippen LogP contribution in [0.5, 0.6) is 5.88 Å². The minimum atomic E-state index is 0.382. The van der Waals surface area contributed by atoms with Gasteiger partial charge < -0.3 is 15.8 Å². The van der Waals surface area contributed by atoms with Crippen LogP contribution in [-0.4, -0.2) is 17.6 Å². The fraction of sp³-hybridized carbons (Fsp3) is 0.615. The Morgan fingerprint density at radius 3 is 2.82 bits per heavy atom. The molecule has 1 atom stereocenters. The number of pyridine rings is 1. The van der Waals surface area contributed by atoms with E-state index in [0.717, 1.165) is 12.2 Å². The molecule has 0 aliphatic heterocycles.